The molecule has 1 aromatic carbocycles. The molecule has 0 amide bonds. The molecule has 5 heteroatoms. The largest absolute Gasteiger partial charge is 0.492 e. The quantitative estimate of drug-likeness (QED) is 0.660. The molecule has 0 unspecified atom stereocenters. The van der Waals surface area contributed by atoms with Crippen molar-refractivity contribution in [1.29, 1.82) is 0 Å². The molecule has 0 saturated heterocycles. The molecule has 0 aliphatic heterocycles. The Morgan fingerprint density at radius 2 is 1.93 bits per heavy atom. The maximum Gasteiger partial charge on any atom is 0.121 e. The molecule has 3 nitrogen and oxygen atoms in total. The number of anilines is 1. The summed E-state index contributed by atoms with van der Waals surface area (Å²) in [5.74, 6) is 0.799. The van der Waals surface area contributed by atoms with Crippen LogP contribution in [0.15, 0.2) is 21.1 Å². The second kappa shape index (κ2) is 5.58. The van der Waals surface area contributed by atoms with E-state index in [4.69, 9.17) is 10.5 Å². The zero-order valence-electron chi connectivity index (χ0n) is 7.81. The van der Waals surface area contributed by atoms with E-state index in [0.29, 0.717) is 12.3 Å². The van der Waals surface area contributed by atoms with Gasteiger partial charge in [-0.15, -0.1) is 0 Å². The number of rotatable bonds is 4. The Morgan fingerprint density at radius 1 is 1.36 bits per heavy atom. The minimum atomic E-state index is 0.638. The van der Waals surface area contributed by atoms with Crippen LogP contribution in [0.2, 0.25) is 0 Å². The molecule has 0 radical (unpaired) electrons. The predicted molar refractivity (Wildman–Crippen MR) is 65.7 cm³/mol. The van der Waals surface area contributed by atoms with Crippen molar-refractivity contribution in [2.45, 2.75) is 0 Å². The highest BCUT2D eigenvalue weighted by molar-refractivity contribution is 9.11. The Balaban J connectivity index is 2.69. The topological polar surface area (TPSA) is 47.3 Å². The second-order valence-corrected chi connectivity index (χ2v) is 4.46. The first-order valence-corrected chi connectivity index (χ1v) is 5.75. The lowest BCUT2D eigenvalue weighted by Gasteiger charge is -2.08. The van der Waals surface area contributed by atoms with Crippen LogP contribution in [0, 0.1) is 0 Å². The van der Waals surface area contributed by atoms with E-state index >= 15 is 0 Å². The van der Waals surface area contributed by atoms with E-state index in [-0.39, 0.29) is 0 Å². The van der Waals surface area contributed by atoms with Gasteiger partial charge in [0, 0.05) is 15.5 Å². The second-order valence-electron chi connectivity index (χ2n) is 2.75. The van der Waals surface area contributed by atoms with Gasteiger partial charge in [-0.1, -0.05) is 0 Å². The lowest BCUT2D eigenvalue weighted by molar-refractivity contribution is 0.318. The van der Waals surface area contributed by atoms with Gasteiger partial charge in [-0.2, -0.15) is 0 Å². The average Bonchev–Trinajstić information content (AvgIpc) is 2.14. The van der Waals surface area contributed by atoms with Crippen molar-refractivity contribution >= 4 is 37.5 Å². The van der Waals surface area contributed by atoms with E-state index < -0.39 is 0 Å². The SMILES string of the molecule is CNCCOc1cc(Br)c(N)c(Br)c1. The number of ether oxygens (including phenoxy) is 1. The van der Waals surface area contributed by atoms with Crippen molar-refractivity contribution in [1.82, 2.24) is 5.32 Å². The zero-order chi connectivity index (χ0) is 10.6. The Morgan fingerprint density at radius 3 is 2.43 bits per heavy atom. The summed E-state index contributed by atoms with van der Waals surface area (Å²) < 4.78 is 7.16. The van der Waals surface area contributed by atoms with Crippen LogP contribution in [0.5, 0.6) is 5.75 Å². The number of nitrogen functional groups attached to an aromatic ring is 1. The van der Waals surface area contributed by atoms with Crippen LogP contribution in [-0.2, 0) is 0 Å². The minimum absolute atomic E-state index is 0.638. The van der Waals surface area contributed by atoms with Crippen molar-refractivity contribution in [2.75, 3.05) is 25.9 Å². The van der Waals surface area contributed by atoms with Crippen LogP contribution in [0.3, 0.4) is 0 Å². The van der Waals surface area contributed by atoms with Crippen molar-refractivity contribution < 1.29 is 4.74 Å². The van der Waals surface area contributed by atoms with Gasteiger partial charge in [0.2, 0.25) is 0 Å². The minimum Gasteiger partial charge on any atom is -0.492 e. The number of nitrogens with one attached hydrogen (secondary N) is 1. The lowest BCUT2D eigenvalue weighted by Crippen LogP contribution is -2.15. The van der Waals surface area contributed by atoms with E-state index in [2.05, 4.69) is 37.2 Å². The molecule has 0 aliphatic carbocycles. The third-order valence-electron chi connectivity index (χ3n) is 1.67. The fourth-order valence-electron chi connectivity index (χ4n) is 0.915. The number of halogens is 2. The normalized spacial score (nSPS) is 10.2. The van der Waals surface area contributed by atoms with Crippen LogP contribution < -0.4 is 15.8 Å². The molecule has 14 heavy (non-hydrogen) atoms. The number of hydrogen-bond donors (Lipinski definition) is 2. The molecule has 0 atom stereocenters. The Kier molecular flexibility index (Phi) is 4.71. The summed E-state index contributed by atoms with van der Waals surface area (Å²) in [4.78, 5) is 0. The zero-order valence-corrected chi connectivity index (χ0v) is 11.0. The van der Waals surface area contributed by atoms with Crippen LogP contribution >= 0.6 is 31.9 Å². The van der Waals surface area contributed by atoms with Gasteiger partial charge in [-0.25, -0.2) is 0 Å². The van der Waals surface area contributed by atoms with Gasteiger partial charge < -0.3 is 15.8 Å². The summed E-state index contributed by atoms with van der Waals surface area (Å²) in [5.41, 5.74) is 6.43. The van der Waals surface area contributed by atoms with Gasteiger partial charge >= 0.3 is 0 Å². The molecule has 3 N–H and O–H groups in total. The molecule has 0 aliphatic rings. The third kappa shape index (κ3) is 3.15. The smallest absolute Gasteiger partial charge is 0.121 e. The summed E-state index contributed by atoms with van der Waals surface area (Å²) in [6, 6.07) is 3.71. The third-order valence-corrected chi connectivity index (χ3v) is 2.99. The van der Waals surface area contributed by atoms with Crippen molar-refractivity contribution in [3.63, 3.8) is 0 Å². The first kappa shape index (κ1) is 11.8. The summed E-state index contributed by atoms with van der Waals surface area (Å²) >= 11 is 6.71. The van der Waals surface area contributed by atoms with Gasteiger partial charge in [0.05, 0.1) is 5.69 Å². The van der Waals surface area contributed by atoms with E-state index in [9.17, 15) is 0 Å². The number of nitrogens with two attached hydrogens (primary N) is 1. The first-order valence-electron chi connectivity index (χ1n) is 4.17. The molecule has 0 spiro atoms. The molecule has 0 heterocycles. The van der Waals surface area contributed by atoms with Crippen molar-refractivity contribution in [3.8, 4) is 5.75 Å². The number of benzene rings is 1. The monoisotopic (exact) mass is 322 g/mol. The summed E-state index contributed by atoms with van der Waals surface area (Å²) in [6.07, 6.45) is 0. The van der Waals surface area contributed by atoms with E-state index in [1.807, 2.05) is 19.2 Å². The maximum absolute atomic E-state index is 5.74. The molecular weight excluding hydrogens is 312 g/mol. The van der Waals surface area contributed by atoms with Gasteiger partial charge in [-0.05, 0) is 51.0 Å². The van der Waals surface area contributed by atoms with Gasteiger partial charge in [-0.3, -0.25) is 0 Å². The molecule has 1 rings (SSSR count). The fraction of sp³-hybridized carbons (Fsp3) is 0.333. The Hall–Kier alpha value is -0.260. The molecule has 78 valence electrons. The van der Waals surface area contributed by atoms with Crippen LogP contribution in [0.1, 0.15) is 0 Å². The van der Waals surface area contributed by atoms with Crippen LogP contribution in [0.4, 0.5) is 5.69 Å². The fourth-order valence-corrected chi connectivity index (χ4v) is 2.06. The van der Waals surface area contributed by atoms with Crippen molar-refractivity contribution in [2.24, 2.45) is 0 Å². The Bertz CT molecular complexity index is 295. The molecular formula is C9H12Br2N2O. The van der Waals surface area contributed by atoms with E-state index in [1.54, 1.807) is 0 Å². The van der Waals surface area contributed by atoms with Gasteiger partial charge in [0.15, 0.2) is 0 Å². The molecule has 0 saturated carbocycles. The first-order chi connectivity index (χ1) is 6.65. The molecule has 0 aromatic heterocycles. The molecule has 0 fully saturated rings. The summed E-state index contributed by atoms with van der Waals surface area (Å²) in [5, 5.41) is 3.01. The summed E-state index contributed by atoms with van der Waals surface area (Å²) in [7, 11) is 1.89. The van der Waals surface area contributed by atoms with Crippen LogP contribution in [-0.4, -0.2) is 20.2 Å². The predicted octanol–water partition coefficient (Wildman–Crippen LogP) is 2.39. The maximum atomic E-state index is 5.74. The standard InChI is InChI=1S/C9H12Br2N2O/c1-13-2-3-14-6-4-7(10)9(12)8(11)5-6/h4-5,13H,2-3,12H2,1H3. The average molecular weight is 324 g/mol. The van der Waals surface area contributed by atoms with Gasteiger partial charge in [0.1, 0.15) is 12.4 Å². The Labute approximate surface area is 100 Å². The highest BCUT2D eigenvalue weighted by Gasteiger charge is 2.04. The summed E-state index contributed by atoms with van der Waals surface area (Å²) in [6.45, 7) is 1.46. The van der Waals surface area contributed by atoms with Crippen molar-refractivity contribution in [3.05, 3.63) is 21.1 Å². The van der Waals surface area contributed by atoms with Gasteiger partial charge in [0.25, 0.3) is 0 Å². The van der Waals surface area contributed by atoms with Crippen LogP contribution in [0.25, 0.3) is 0 Å². The molecule has 0 bridgehead atoms. The number of likely N-dealkylation sites (N-methyl/N-ethyl adjacent to an activating group) is 1. The molecule has 1 aromatic rings. The highest BCUT2D eigenvalue weighted by Crippen LogP contribution is 2.32. The lowest BCUT2D eigenvalue weighted by atomic mass is 10.3. The van der Waals surface area contributed by atoms with E-state index in [0.717, 1.165) is 21.2 Å². The number of hydrogen-bond acceptors (Lipinski definition) is 3. The van der Waals surface area contributed by atoms with E-state index in [1.165, 1.54) is 0 Å². The highest BCUT2D eigenvalue weighted by atomic mass is 79.9.